The van der Waals surface area contributed by atoms with Crippen LogP contribution in [-0.2, 0) is 13.1 Å². The second kappa shape index (κ2) is 7.47. The minimum Gasteiger partial charge on any atom is -0.308 e. The number of halogens is 2. The quantitative estimate of drug-likeness (QED) is 0.877. The van der Waals surface area contributed by atoms with Crippen molar-refractivity contribution in [3.63, 3.8) is 0 Å². The second-order valence-electron chi connectivity index (χ2n) is 5.79. The smallest absolute Gasteiger partial charge is 0.0490 e. The van der Waals surface area contributed by atoms with Gasteiger partial charge in [0.2, 0.25) is 0 Å². The molecule has 0 spiro atoms. The molecule has 1 aliphatic rings. The van der Waals surface area contributed by atoms with Gasteiger partial charge in [0.1, 0.15) is 0 Å². The summed E-state index contributed by atoms with van der Waals surface area (Å²) in [5.41, 5.74) is 2.32. The Kier molecular flexibility index (Phi) is 5.37. The van der Waals surface area contributed by atoms with Gasteiger partial charge in [-0.2, -0.15) is 5.10 Å². The highest BCUT2D eigenvalue weighted by atomic mass is 35.5. The SMILES string of the molecule is Clc1cc(Cl)cc(CN2CCC(NCc3ccn[nH]3)CC2)c1. The molecule has 3 rings (SSSR count). The molecule has 6 heteroatoms. The molecule has 0 bridgehead atoms. The predicted molar refractivity (Wildman–Crippen MR) is 90.2 cm³/mol. The maximum atomic E-state index is 6.06. The number of hydrogen-bond donors (Lipinski definition) is 2. The molecule has 0 saturated carbocycles. The van der Waals surface area contributed by atoms with Crippen molar-refractivity contribution >= 4 is 23.2 Å². The summed E-state index contributed by atoms with van der Waals surface area (Å²) in [7, 11) is 0. The van der Waals surface area contributed by atoms with E-state index in [0.717, 1.165) is 44.7 Å². The fourth-order valence-corrected chi connectivity index (χ4v) is 3.46. The van der Waals surface area contributed by atoms with E-state index < -0.39 is 0 Å². The summed E-state index contributed by atoms with van der Waals surface area (Å²) in [5.74, 6) is 0. The van der Waals surface area contributed by atoms with Crippen molar-refractivity contribution in [2.75, 3.05) is 13.1 Å². The van der Waals surface area contributed by atoms with Crippen molar-refractivity contribution in [3.8, 4) is 0 Å². The first-order valence-electron chi connectivity index (χ1n) is 7.58. The number of hydrogen-bond acceptors (Lipinski definition) is 3. The molecule has 118 valence electrons. The molecule has 22 heavy (non-hydrogen) atoms. The summed E-state index contributed by atoms with van der Waals surface area (Å²) in [6.45, 7) is 3.94. The average Bonchev–Trinajstić information content (AvgIpc) is 2.99. The summed E-state index contributed by atoms with van der Waals surface area (Å²) in [6, 6.07) is 8.34. The number of likely N-dealkylation sites (tertiary alicyclic amines) is 1. The lowest BCUT2D eigenvalue weighted by atomic mass is 10.0. The lowest BCUT2D eigenvalue weighted by Crippen LogP contribution is -2.41. The highest BCUT2D eigenvalue weighted by Crippen LogP contribution is 2.21. The van der Waals surface area contributed by atoms with Gasteiger partial charge in [-0.05, 0) is 55.8 Å². The van der Waals surface area contributed by atoms with Crippen LogP contribution in [-0.4, -0.2) is 34.2 Å². The second-order valence-corrected chi connectivity index (χ2v) is 6.66. The highest BCUT2D eigenvalue weighted by Gasteiger charge is 2.19. The minimum absolute atomic E-state index is 0.572. The van der Waals surface area contributed by atoms with Gasteiger partial charge in [0.05, 0.1) is 0 Å². The Labute approximate surface area is 140 Å². The van der Waals surface area contributed by atoms with Gasteiger partial charge in [0.25, 0.3) is 0 Å². The molecule has 1 saturated heterocycles. The van der Waals surface area contributed by atoms with Gasteiger partial charge >= 0.3 is 0 Å². The molecule has 1 aromatic heterocycles. The molecule has 0 amide bonds. The molecule has 0 atom stereocenters. The van der Waals surface area contributed by atoms with Crippen LogP contribution in [0.5, 0.6) is 0 Å². The van der Waals surface area contributed by atoms with Crippen molar-refractivity contribution in [2.24, 2.45) is 0 Å². The molecule has 0 unspecified atom stereocenters. The highest BCUT2D eigenvalue weighted by molar-refractivity contribution is 6.34. The fraction of sp³-hybridized carbons (Fsp3) is 0.438. The lowest BCUT2D eigenvalue weighted by molar-refractivity contribution is 0.190. The summed E-state index contributed by atoms with van der Waals surface area (Å²) < 4.78 is 0. The number of aromatic nitrogens is 2. The van der Waals surface area contributed by atoms with Gasteiger partial charge in [0, 0.05) is 41.1 Å². The number of benzene rings is 1. The normalized spacial score (nSPS) is 17.0. The Balaban J connectivity index is 1.45. The first-order valence-corrected chi connectivity index (χ1v) is 8.33. The molecule has 1 fully saturated rings. The minimum atomic E-state index is 0.572. The van der Waals surface area contributed by atoms with Crippen molar-refractivity contribution < 1.29 is 0 Å². The number of H-pyrrole nitrogens is 1. The summed E-state index contributed by atoms with van der Waals surface area (Å²) in [4.78, 5) is 2.45. The molecule has 4 nitrogen and oxygen atoms in total. The van der Waals surface area contributed by atoms with Crippen molar-refractivity contribution in [3.05, 3.63) is 51.8 Å². The van der Waals surface area contributed by atoms with Crippen molar-refractivity contribution in [2.45, 2.75) is 32.0 Å². The third kappa shape index (κ3) is 4.46. The Morgan fingerprint density at radius 2 is 1.91 bits per heavy atom. The van der Waals surface area contributed by atoms with Crippen LogP contribution in [0.3, 0.4) is 0 Å². The molecule has 1 aromatic carbocycles. The predicted octanol–water partition coefficient (Wildman–Crippen LogP) is 3.47. The van der Waals surface area contributed by atoms with E-state index >= 15 is 0 Å². The van der Waals surface area contributed by atoms with Gasteiger partial charge in [-0.25, -0.2) is 0 Å². The van der Waals surface area contributed by atoms with Crippen LogP contribution in [0.1, 0.15) is 24.1 Å². The van der Waals surface area contributed by atoms with E-state index in [1.807, 2.05) is 18.2 Å². The number of aromatic amines is 1. The van der Waals surface area contributed by atoms with Crippen LogP contribution in [0.2, 0.25) is 10.0 Å². The molecular weight excluding hydrogens is 319 g/mol. The lowest BCUT2D eigenvalue weighted by Gasteiger charge is -2.32. The zero-order chi connectivity index (χ0) is 15.4. The van der Waals surface area contributed by atoms with Gasteiger partial charge in [0.15, 0.2) is 0 Å². The number of rotatable bonds is 5. The number of piperidine rings is 1. The molecule has 2 aromatic rings. The van der Waals surface area contributed by atoms with E-state index in [1.165, 1.54) is 5.56 Å². The molecule has 2 heterocycles. The van der Waals surface area contributed by atoms with Crippen LogP contribution in [0.4, 0.5) is 0 Å². The third-order valence-electron chi connectivity index (χ3n) is 4.06. The van der Waals surface area contributed by atoms with E-state index in [9.17, 15) is 0 Å². The standard InChI is InChI=1S/C16H20Cl2N4/c17-13-7-12(8-14(18)9-13)11-22-5-2-15(3-6-22)19-10-16-1-4-20-21-16/h1,4,7-9,15,19H,2-3,5-6,10-11H2,(H,20,21). The maximum absolute atomic E-state index is 6.06. The number of nitrogens with one attached hydrogen (secondary N) is 2. The largest absolute Gasteiger partial charge is 0.308 e. The van der Waals surface area contributed by atoms with Crippen LogP contribution in [0.15, 0.2) is 30.5 Å². The van der Waals surface area contributed by atoms with Gasteiger partial charge in [-0.15, -0.1) is 0 Å². The monoisotopic (exact) mass is 338 g/mol. The molecule has 0 radical (unpaired) electrons. The van der Waals surface area contributed by atoms with Crippen LogP contribution < -0.4 is 5.32 Å². The molecular formula is C16H20Cl2N4. The molecule has 0 aliphatic carbocycles. The Morgan fingerprint density at radius 3 is 2.55 bits per heavy atom. The Morgan fingerprint density at radius 1 is 1.18 bits per heavy atom. The first kappa shape index (κ1) is 15.8. The van der Waals surface area contributed by atoms with E-state index in [1.54, 1.807) is 12.3 Å². The Hall–Kier alpha value is -1.07. The van der Waals surface area contributed by atoms with Gasteiger partial charge in [-0.3, -0.25) is 10.00 Å². The fourth-order valence-electron chi connectivity index (χ4n) is 2.89. The third-order valence-corrected chi connectivity index (χ3v) is 4.49. The zero-order valence-electron chi connectivity index (χ0n) is 12.4. The zero-order valence-corrected chi connectivity index (χ0v) is 13.9. The van der Waals surface area contributed by atoms with Crippen molar-refractivity contribution in [1.29, 1.82) is 0 Å². The number of nitrogens with zero attached hydrogens (tertiary/aromatic N) is 2. The van der Waals surface area contributed by atoms with E-state index in [4.69, 9.17) is 23.2 Å². The van der Waals surface area contributed by atoms with Gasteiger partial charge < -0.3 is 5.32 Å². The van der Waals surface area contributed by atoms with E-state index in [-0.39, 0.29) is 0 Å². The van der Waals surface area contributed by atoms with E-state index in [0.29, 0.717) is 16.1 Å². The summed E-state index contributed by atoms with van der Waals surface area (Å²) in [6.07, 6.45) is 4.10. The Bertz CT molecular complexity index is 572. The first-order chi connectivity index (χ1) is 10.7. The molecule has 1 aliphatic heterocycles. The van der Waals surface area contributed by atoms with Crippen LogP contribution >= 0.6 is 23.2 Å². The topological polar surface area (TPSA) is 44.0 Å². The maximum Gasteiger partial charge on any atom is 0.0490 e. The summed E-state index contributed by atoms with van der Waals surface area (Å²) in [5, 5.41) is 11.9. The van der Waals surface area contributed by atoms with Gasteiger partial charge in [-0.1, -0.05) is 23.2 Å². The van der Waals surface area contributed by atoms with Crippen LogP contribution in [0, 0.1) is 0 Å². The van der Waals surface area contributed by atoms with Crippen molar-refractivity contribution in [1.82, 2.24) is 20.4 Å². The molecule has 2 N–H and O–H groups in total. The summed E-state index contributed by atoms with van der Waals surface area (Å²) >= 11 is 12.1. The average molecular weight is 339 g/mol. The van der Waals surface area contributed by atoms with Crippen LogP contribution in [0.25, 0.3) is 0 Å². The van der Waals surface area contributed by atoms with E-state index in [2.05, 4.69) is 20.4 Å².